The van der Waals surface area contributed by atoms with Gasteiger partial charge in [0.15, 0.2) is 0 Å². The molecule has 0 aliphatic heterocycles. The van der Waals surface area contributed by atoms with Crippen molar-refractivity contribution >= 4 is 43.5 Å². The van der Waals surface area contributed by atoms with Gasteiger partial charge < -0.3 is 5.11 Å². The molecule has 4 heteroatoms. The van der Waals surface area contributed by atoms with Gasteiger partial charge in [-0.3, -0.25) is 0 Å². The molecule has 0 aromatic heterocycles. The smallest absolute Gasteiger partial charge is 0.106 e. The first-order valence-electron chi connectivity index (χ1n) is 5.80. The Labute approximate surface area is 134 Å². The molecule has 0 radical (unpaired) electrons. The van der Waals surface area contributed by atoms with Crippen LogP contribution in [0.2, 0.25) is 5.02 Å². The van der Waals surface area contributed by atoms with E-state index in [1.54, 1.807) is 6.07 Å². The lowest BCUT2D eigenvalue weighted by molar-refractivity contribution is 0.219. The molecule has 0 spiro atoms. The molecule has 1 unspecified atom stereocenters. The van der Waals surface area contributed by atoms with Crippen molar-refractivity contribution in [3.63, 3.8) is 0 Å². The molecule has 100 valence electrons. The summed E-state index contributed by atoms with van der Waals surface area (Å²) in [7, 11) is 0. The van der Waals surface area contributed by atoms with Crippen molar-refractivity contribution in [2.24, 2.45) is 0 Å². The maximum absolute atomic E-state index is 10.6. The van der Waals surface area contributed by atoms with Gasteiger partial charge in [0.05, 0.1) is 0 Å². The highest BCUT2D eigenvalue weighted by Gasteiger charge is 2.17. The van der Waals surface area contributed by atoms with Gasteiger partial charge in [-0.1, -0.05) is 49.5 Å². The van der Waals surface area contributed by atoms with Crippen molar-refractivity contribution in [3.05, 3.63) is 66.6 Å². The molecule has 1 N–H and O–H groups in total. The molecule has 0 aliphatic carbocycles. The fraction of sp³-hybridized carbons (Fsp3) is 0.200. The SMILES string of the molecule is Cc1cc(C(O)c2cc(Br)ccc2Cl)c(C)cc1Br. The zero-order valence-electron chi connectivity index (χ0n) is 10.5. The first-order chi connectivity index (χ1) is 8.90. The average molecular weight is 405 g/mol. The highest BCUT2D eigenvalue weighted by atomic mass is 79.9. The lowest BCUT2D eigenvalue weighted by atomic mass is 9.96. The van der Waals surface area contributed by atoms with Crippen molar-refractivity contribution in [1.82, 2.24) is 0 Å². The minimum atomic E-state index is -0.725. The Kier molecular flexibility index (Phi) is 4.72. The third kappa shape index (κ3) is 3.22. The predicted octanol–water partition coefficient (Wildman–Crippen LogP) is 5.56. The van der Waals surface area contributed by atoms with Gasteiger partial charge in [-0.2, -0.15) is 0 Å². The Bertz CT molecular complexity index is 626. The van der Waals surface area contributed by atoms with E-state index in [9.17, 15) is 5.11 Å². The predicted molar refractivity (Wildman–Crippen MR) is 86.8 cm³/mol. The van der Waals surface area contributed by atoms with Crippen molar-refractivity contribution in [2.75, 3.05) is 0 Å². The fourth-order valence-electron chi connectivity index (χ4n) is 1.99. The van der Waals surface area contributed by atoms with Gasteiger partial charge in [0.2, 0.25) is 0 Å². The second kappa shape index (κ2) is 5.96. The van der Waals surface area contributed by atoms with Crippen LogP contribution in [0.5, 0.6) is 0 Å². The lowest BCUT2D eigenvalue weighted by Gasteiger charge is -2.17. The Morgan fingerprint density at radius 2 is 1.68 bits per heavy atom. The summed E-state index contributed by atoms with van der Waals surface area (Å²) >= 11 is 13.1. The maximum atomic E-state index is 10.6. The van der Waals surface area contributed by atoms with Crippen LogP contribution in [0.15, 0.2) is 39.3 Å². The van der Waals surface area contributed by atoms with E-state index in [4.69, 9.17) is 11.6 Å². The van der Waals surface area contributed by atoms with Crippen LogP contribution in [0, 0.1) is 13.8 Å². The summed E-state index contributed by atoms with van der Waals surface area (Å²) in [4.78, 5) is 0. The van der Waals surface area contributed by atoms with Crippen LogP contribution in [-0.4, -0.2) is 5.11 Å². The zero-order chi connectivity index (χ0) is 14.2. The normalized spacial score (nSPS) is 12.5. The molecule has 0 heterocycles. The highest BCUT2D eigenvalue weighted by molar-refractivity contribution is 9.10. The van der Waals surface area contributed by atoms with Crippen molar-refractivity contribution < 1.29 is 5.11 Å². The van der Waals surface area contributed by atoms with E-state index in [0.717, 1.165) is 25.6 Å². The molecule has 0 bridgehead atoms. The fourth-order valence-corrected chi connectivity index (χ4v) is 3.05. The van der Waals surface area contributed by atoms with E-state index < -0.39 is 6.10 Å². The minimum absolute atomic E-state index is 0.565. The summed E-state index contributed by atoms with van der Waals surface area (Å²) in [6, 6.07) is 9.49. The largest absolute Gasteiger partial charge is 0.384 e. The van der Waals surface area contributed by atoms with Crippen LogP contribution < -0.4 is 0 Å². The molecule has 0 saturated heterocycles. The minimum Gasteiger partial charge on any atom is -0.384 e. The monoisotopic (exact) mass is 402 g/mol. The summed E-state index contributed by atoms with van der Waals surface area (Å²) in [6.45, 7) is 3.98. The van der Waals surface area contributed by atoms with Gasteiger partial charge in [0.25, 0.3) is 0 Å². The Morgan fingerprint density at radius 3 is 2.37 bits per heavy atom. The molecule has 1 nitrogen and oxygen atoms in total. The molecule has 0 aliphatic rings. The molecule has 0 amide bonds. The number of aryl methyl sites for hydroxylation is 2. The topological polar surface area (TPSA) is 20.2 Å². The van der Waals surface area contributed by atoms with E-state index in [0.29, 0.717) is 10.6 Å². The average Bonchev–Trinajstić information content (AvgIpc) is 2.36. The molecule has 0 saturated carbocycles. The third-order valence-corrected chi connectivity index (χ3v) is 4.79. The quantitative estimate of drug-likeness (QED) is 0.694. The summed E-state index contributed by atoms with van der Waals surface area (Å²) in [5, 5.41) is 11.1. The maximum Gasteiger partial charge on any atom is 0.106 e. The van der Waals surface area contributed by atoms with E-state index in [1.165, 1.54) is 0 Å². The number of hydrogen-bond acceptors (Lipinski definition) is 1. The molecule has 0 fully saturated rings. The summed E-state index contributed by atoms with van der Waals surface area (Å²) in [5.41, 5.74) is 3.70. The molecule has 19 heavy (non-hydrogen) atoms. The molecule has 1 atom stereocenters. The number of aliphatic hydroxyl groups is 1. The van der Waals surface area contributed by atoms with Gasteiger partial charge in [0.1, 0.15) is 6.10 Å². The van der Waals surface area contributed by atoms with Crippen LogP contribution >= 0.6 is 43.5 Å². The summed E-state index contributed by atoms with van der Waals surface area (Å²) in [6.07, 6.45) is -0.725. The first-order valence-corrected chi connectivity index (χ1v) is 7.76. The van der Waals surface area contributed by atoms with E-state index in [1.807, 2.05) is 38.1 Å². The standard InChI is InChI=1S/C15H13Br2ClO/c1-8-6-13(17)9(2)5-11(8)15(19)12-7-10(16)3-4-14(12)18/h3-7,15,19H,1-2H3. The van der Waals surface area contributed by atoms with Crippen LogP contribution in [0.25, 0.3) is 0 Å². The van der Waals surface area contributed by atoms with Gasteiger partial charge in [0, 0.05) is 19.5 Å². The van der Waals surface area contributed by atoms with Crippen molar-refractivity contribution in [3.8, 4) is 0 Å². The van der Waals surface area contributed by atoms with Crippen molar-refractivity contribution in [2.45, 2.75) is 20.0 Å². The highest BCUT2D eigenvalue weighted by Crippen LogP contribution is 2.34. The van der Waals surface area contributed by atoms with Crippen LogP contribution in [-0.2, 0) is 0 Å². The Morgan fingerprint density at radius 1 is 1.00 bits per heavy atom. The van der Waals surface area contributed by atoms with Gasteiger partial charge >= 0.3 is 0 Å². The van der Waals surface area contributed by atoms with Gasteiger partial charge in [-0.15, -0.1) is 0 Å². The van der Waals surface area contributed by atoms with Crippen LogP contribution in [0.4, 0.5) is 0 Å². The van der Waals surface area contributed by atoms with Crippen LogP contribution in [0.1, 0.15) is 28.4 Å². The Hall–Kier alpha value is -0.350. The molecular formula is C15H13Br2ClO. The summed E-state index contributed by atoms with van der Waals surface area (Å²) in [5.74, 6) is 0. The summed E-state index contributed by atoms with van der Waals surface area (Å²) < 4.78 is 1.94. The van der Waals surface area contributed by atoms with E-state index >= 15 is 0 Å². The number of rotatable bonds is 2. The number of benzene rings is 2. The molecule has 2 aromatic rings. The first kappa shape index (κ1) is 15.0. The van der Waals surface area contributed by atoms with E-state index in [-0.39, 0.29) is 0 Å². The van der Waals surface area contributed by atoms with E-state index in [2.05, 4.69) is 31.9 Å². The van der Waals surface area contributed by atoms with Gasteiger partial charge in [-0.05, 0) is 54.8 Å². The molecule has 2 aromatic carbocycles. The zero-order valence-corrected chi connectivity index (χ0v) is 14.5. The number of hydrogen-bond donors (Lipinski definition) is 1. The second-order valence-corrected chi connectivity index (χ2v) is 6.70. The number of aliphatic hydroxyl groups excluding tert-OH is 1. The number of halogens is 3. The lowest BCUT2D eigenvalue weighted by Crippen LogP contribution is -2.04. The molecule has 2 rings (SSSR count). The van der Waals surface area contributed by atoms with Gasteiger partial charge in [-0.25, -0.2) is 0 Å². The second-order valence-electron chi connectivity index (χ2n) is 4.53. The van der Waals surface area contributed by atoms with Crippen LogP contribution in [0.3, 0.4) is 0 Å². The Balaban J connectivity index is 2.52. The van der Waals surface area contributed by atoms with Crippen molar-refractivity contribution in [1.29, 1.82) is 0 Å². The molecular weight excluding hydrogens is 391 g/mol. The third-order valence-electron chi connectivity index (χ3n) is 3.09.